The minimum atomic E-state index is -3.66. The third-order valence-corrected chi connectivity index (χ3v) is 1.22. The lowest BCUT2D eigenvalue weighted by atomic mass is 11.8. The van der Waals surface area contributed by atoms with E-state index in [4.69, 9.17) is 0 Å². The van der Waals surface area contributed by atoms with E-state index in [0.717, 1.165) is 14.2 Å². The molecule has 0 fully saturated rings. The molecule has 0 aliphatic heterocycles. The van der Waals surface area contributed by atoms with Gasteiger partial charge in [-0.15, -0.1) is 0 Å². The molecule has 0 aromatic carbocycles. The normalized spacial score (nSPS) is 10.2. The van der Waals surface area contributed by atoms with Gasteiger partial charge in [0.05, 0.1) is 14.2 Å². The zero-order valence-electron chi connectivity index (χ0n) is 5.75. The summed E-state index contributed by atoms with van der Waals surface area (Å²) in [7, 11) is -1.60. The minimum Gasteiger partial charge on any atom is -0.344 e. The van der Waals surface area contributed by atoms with Gasteiger partial charge < -0.3 is 6.15 Å². The molecule has 0 aliphatic rings. The first-order valence-electron chi connectivity index (χ1n) is 1.48. The molecule has 0 unspecified atom stereocenters. The molecule has 0 spiro atoms. The quantitative estimate of drug-likeness (QED) is 0.579. The summed E-state index contributed by atoms with van der Waals surface area (Å²) in [5.41, 5.74) is 0. The second-order valence-electron chi connectivity index (χ2n) is 0.742. The van der Waals surface area contributed by atoms with E-state index in [-0.39, 0.29) is 7.58 Å². The van der Waals surface area contributed by atoms with Crippen LogP contribution in [0, 0.1) is 0 Å². The molecular weight excluding hydrogens is 134 g/mol. The van der Waals surface area contributed by atoms with Crippen molar-refractivity contribution < 1.29 is 18.2 Å². The van der Waals surface area contributed by atoms with Crippen molar-refractivity contribution in [1.82, 2.24) is 6.15 Å². The Kier molecular flexibility index (Phi) is 5.09. The number of rotatable bonds is 2. The topological polar surface area (TPSA) is 87.6 Å². The Morgan fingerprint density at radius 2 is 1.50 bits per heavy atom. The highest BCUT2D eigenvalue weighted by Crippen LogP contribution is 1.85. The lowest BCUT2D eigenvalue weighted by Gasteiger charge is -1.91. The Morgan fingerprint density at radius 3 is 1.50 bits per heavy atom. The van der Waals surface area contributed by atoms with E-state index in [1.54, 1.807) is 0 Å². The van der Waals surface area contributed by atoms with E-state index in [0.29, 0.717) is 0 Å². The lowest BCUT2D eigenvalue weighted by molar-refractivity contribution is 0.286. The minimum absolute atomic E-state index is 0. The van der Waals surface area contributed by atoms with Crippen LogP contribution in [0.2, 0.25) is 0 Å². The second-order valence-corrected chi connectivity index (χ2v) is 2.22. The fourth-order valence-electron chi connectivity index (χ4n) is 0.0680. The van der Waals surface area contributed by atoms with Crippen molar-refractivity contribution in [2.75, 3.05) is 14.2 Å². The maximum Gasteiger partial charge on any atom is 1.00 e. The van der Waals surface area contributed by atoms with E-state index < -0.39 is 10.4 Å². The highest BCUT2D eigenvalue weighted by molar-refractivity contribution is 7.81. The van der Waals surface area contributed by atoms with E-state index in [9.17, 15) is 8.42 Å². The summed E-state index contributed by atoms with van der Waals surface area (Å²) >= 11 is 0. The van der Waals surface area contributed by atoms with Crippen LogP contribution in [-0.4, -0.2) is 22.6 Å². The molecule has 0 saturated carbocycles. The standard InChI is InChI=1S/C2H6O4S.H3N/c1-5-7(3,4)6-2;/h1-2H3;1H3/p+1. The van der Waals surface area contributed by atoms with Gasteiger partial charge in [0.1, 0.15) is 0 Å². The molecule has 0 atom stereocenters. The Bertz CT molecular complexity index is 122. The van der Waals surface area contributed by atoms with E-state index in [1.165, 1.54) is 0 Å². The van der Waals surface area contributed by atoms with Crippen LogP contribution >= 0.6 is 0 Å². The van der Waals surface area contributed by atoms with Crippen molar-refractivity contribution in [3.8, 4) is 0 Å². The van der Waals surface area contributed by atoms with Crippen molar-refractivity contribution in [3.05, 3.63) is 0 Å². The van der Waals surface area contributed by atoms with Gasteiger partial charge in [-0.2, -0.15) is 8.42 Å². The van der Waals surface area contributed by atoms with Crippen LogP contribution < -0.4 is 6.15 Å². The van der Waals surface area contributed by atoms with Gasteiger partial charge in [0.15, 0.2) is 0 Å². The van der Waals surface area contributed by atoms with Gasteiger partial charge in [-0.25, -0.2) is 0 Å². The Labute approximate surface area is 50.0 Å². The second kappa shape index (κ2) is 3.79. The molecule has 0 rings (SSSR count). The van der Waals surface area contributed by atoms with Crippen LogP contribution in [0.25, 0.3) is 0 Å². The molecule has 0 aliphatic carbocycles. The molecular formula is C2H10NO4S+. The van der Waals surface area contributed by atoms with Crippen LogP contribution in [0.4, 0.5) is 0 Å². The van der Waals surface area contributed by atoms with Gasteiger partial charge in [-0.05, 0) is 0 Å². The van der Waals surface area contributed by atoms with Gasteiger partial charge in [0, 0.05) is 0 Å². The molecule has 0 radical (unpaired) electrons. The maximum atomic E-state index is 9.92. The predicted molar refractivity (Wildman–Crippen MR) is 29.1 cm³/mol. The Morgan fingerprint density at radius 1 is 1.25 bits per heavy atom. The van der Waals surface area contributed by atoms with Crippen molar-refractivity contribution in [2.24, 2.45) is 0 Å². The first-order valence-corrected chi connectivity index (χ1v) is 2.82. The van der Waals surface area contributed by atoms with Crippen molar-refractivity contribution >= 4 is 10.4 Å². The Hall–Kier alpha value is -0.170. The van der Waals surface area contributed by atoms with Gasteiger partial charge in [-0.3, -0.25) is 8.37 Å². The summed E-state index contributed by atoms with van der Waals surface area (Å²) in [4.78, 5) is 0. The highest BCUT2D eigenvalue weighted by Gasteiger charge is 2.01. The molecule has 0 heterocycles. The lowest BCUT2D eigenvalue weighted by Crippen LogP contribution is -2.02. The third kappa shape index (κ3) is 4.00. The maximum absolute atomic E-state index is 9.92. The smallest absolute Gasteiger partial charge is 0.344 e. The average molecular weight is 144 g/mol. The van der Waals surface area contributed by atoms with Crippen molar-refractivity contribution in [1.29, 1.82) is 0 Å². The summed E-state index contributed by atoms with van der Waals surface area (Å²) in [6.45, 7) is 0. The third-order valence-electron chi connectivity index (χ3n) is 0.408. The number of hydrogen-bond acceptors (Lipinski definition) is 5. The summed E-state index contributed by atoms with van der Waals surface area (Å²) in [5.74, 6) is 0. The molecule has 0 saturated heterocycles. The molecule has 52 valence electrons. The molecule has 6 heteroatoms. The van der Waals surface area contributed by atoms with Gasteiger partial charge in [-0.1, -0.05) is 0 Å². The van der Waals surface area contributed by atoms with Crippen LogP contribution in [0.15, 0.2) is 0 Å². The van der Waals surface area contributed by atoms with Crippen LogP contribution in [-0.2, 0) is 18.8 Å². The zero-order chi connectivity index (χ0) is 5.91. The first-order chi connectivity index (χ1) is 3.12. The highest BCUT2D eigenvalue weighted by atomic mass is 32.3. The zero-order valence-corrected chi connectivity index (χ0v) is 5.56. The predicted octanol–water partition coefficient (Wildman–Crippen LogP) is -0.201. The van der Waals surface area contributed by atoms with Gasteiger partial charge in [0.25, 0.3) is 0 Å². The summed E-state index contributed by atoms with van der Waals surface area (Å²) in [5, 5.41) is 0. The summed E-state index contributed by atoms with van der Waals surface area (Å²) < 4.78 is 27.5. The summed E-state index contributed by atoms with van der Waals surface area (Å²) in [6.07, 6.45) is 0. The van der Waals surface area contributed by atoms with E-state index in [2.05, 4.69) is 8.37 Å². The number of hydrogen-bond donors (Lipinski definition) is 1. The van der Waals surface area contributed by atoms with Crippen molar-refractivity contribution in [2.45, 2.75) is 0 Å². The largest absolute Gasteiger partial charge is 1.00 e. The van der Waals surface area contributed by atoms with Crippen LogP contribution in [0.3, 0.4) is 0 Å². The van der Waals surface area contributed by atoms with Crippen LogP contribution in [0.5, 0.6) is 0 Å². The van der Waals surface area contributed by atoms with E-state index >= 15 is 0 Å². The molecule has 3 N–H and O–H groups in total. The molecule has 5 nitrogen and oxygen atoms in total. The van der Waals surface area contributed by atoms with E-state index in [1.807, 2.05) is 0 Å². The Balaban J connectivity index is -0.000000180. The fourth-order valence-corrected chi connectivity index (χ4v) is 0.204. The molecule has 0 bridgehead atoms. The molecule has 8 heavy (non-hydrogen) atoms. The van der Waals surface area contributed by atoms with Gasteiger partial charge >= 0.3 is 11.8 Å². The molecule has 0 amide bonds. The van der Waals surface area contributed by atoms with Gasteiger partial charge in [0.2, 0.25) is 0 Å². The SMILES string of the molecule is COS(=O)(=O)OC.N.[H+]. The summed E-state index contributed by atoms with van der Waals surface area (Å²) in [6, 6.07) is 0. The first kappa shape index (κ1) is 10.7. The fraction of sp³-hybridized carbons (Fsp3) is 1.00. The molecule has 0 aromatic heterocycles. The van der Waals surface area contributed by atoms with Crippen LogP contribution in [0.1, 0.15) is 1.43 Å². The average Bonchev–Trinajstić information content (AvgIpc) is 1.68. The van der Waals surface area contributed by atoms with Crippen molar-refractivity contribution in [3.63, 3.8) is 0 Å². The molecule has 0 aromatic rings. The monoisotopic (exact) mass is 144 g/mol.